The van der Waals surface area contributed by atoms with Crippen molar-refractivity contribution >= 4 is 0 Å². The molecule has 0 fully saturated rings. The van der Waals surface area contributed by atoms with Crippen LogP contribution in [0.1, 0.15) is 66.7 Å². The average molecular weight is 393 g/mol. The van der Waals surface area contributed by atoms with Crippen molar-refractivity contribution in [2.75, 3.05) is 52.9 Å². The van der Waals surface area contributed by atoms with Gasteiger partial charge in [-0.15, -0.1) is 0 Å². The smallest absolute Gasteiger partial charge is 0.104 e. The Balaban J connectivity index is 3.93. The SMILES string of the molecule is CCCCOCC(COCCC(C)OCC(C)(C)OCCO)OCCCC. The van der Waals surface area contributed by atoms with Gasteiger partial charge in [0.2, 0.25) is 0 Å². The molecule has 2 unspecified atom stereocenters. The van der Waals surface area contributed by atoms with Gasteiger partial charge in [-0.2, -0.15) is 0 Å². The van der Waals surface area contributed by atoms with E-state index in [2.05, 4.69) is 13.8 Å². The highest BCUT2D eigenvalue weighted by atomic mass is 16.6. The minimum absolute atomic E-state index is 0.00422. The number of hydrogen-bond donors (Lipinski definition) is 1. The van der Waals surface area contributed by atoms with E-state index in [0.29, 0.717) is 33.0 Å². The molecule has 27 heavy (non-hydrogen) atoms. The molecule has 0 aromatic rings. The van der Waals surface area contributed by atoms with E-state index in [4.69, 9.17) is 28.8 Å². The van der Waals surface area contributed by atoms with Gasteiger partial charge in [0.1, 0.15) is 6.10 Å². The van der Waals surface area contributed by atoms with Crippen molar-refractivity contribution in [3.8, 4) is 0 Å². The van der Waals surface area contributed by atoms with E-state index >= 15 is 0 Å². The quantitative estimate of drug-likeness (QED) is 0.319. The van der Waals surface area contributed by atoms with Gasteiger partial charge in [-0.25, -0.2) is 0 Å². The van der Waals surface area contributed by atoms with Gasteiger partial charge >= 0.3 is 0 Å². The van der Waals surface area contributed by atoms with E-state index < -0.39 is 5.60 Å². The van der Waals surface area contributed by atoms with Gasteiger partial charge in [0, 0.05) is 19.8 Å². The van der Waals surface area contributed by atoms with Crippen molar-refractivity contribution in [1.82, 2.24) is 0 Å². The molecule has 0 bridgehead atoms. The molecule has 0 aromatic heterocycles. The van der Waals surface area contributed by atoms with Crippen LogP contribution >= 0.6 is 0 Å². The number of aliphatic hydroxyl groups is 1. The minimum atomic E-state index is -0.397. The fraction of sp³-hybridized carbons (Fsp3) is 1.00. The van der Waals surface area contributed by atoms with E-state index in [-0.39, 0.29) is 18.8 Å². The Kier molecular flexibility index (Phi) is 17.7. The summed E-state index contributed by atoms with van der Waals surface area (Å²) in [6.45, 7) is 14.4. The lowest BCUT2D eigenvalue weighted by atomic mass is 10.1. The number of hydrogen-bond acceptors (Lipinski definition) is 6. The summed E-state index contributed by atoms with van der Waals surface area (Å²) in [6, 6.07) is 0. The number of ether oxygens (including phenoxy) is 5. The molecule has 0 heterocycles. The van der Waals surface area contributed by atoms with Crippen LogP contribution in [0, 0.1) is 0 Å². The third-order valence-electron chi connectivity index (χ3n) is 4.07. The third kappa shape index (κ3) is 17.6. The summed E-state index contributed by atoms with van der Waals surface area (Å²) in [6.07, 6.45) is 5.29. The van der Waals surface area contributed by atoms with Gasteiger partial charge in [-0.1, -0.05) is 26.7 Å². The number of rotatable bonds is 20. The lowest BCUT2D eigenvalue weighted by Gasteiger charge is -2.26. The van der Waals surface area contributed by atoms with E-state index in [1.165, 1.54) is 0 Å². The molecule has 0 aromatic carbocycles. The largest absolute Gasteiger partial charge is 0.394 e. The van der Waals surface area contributed by atoms with E-state index in [0.717, 1.165) is 45.3 Å². The predicted octanol–water partition coefficient (Wildman–Crippen LogP) is 3.59. The molecule has 0 radical (unpaired) electrons. The average Bonchev–Trinajstić information content (AvgIpc) is 2.65. The molecule has 6 nitrogen and oxygen atoms in total. The fourth-order valence-corrected chi connectivity index (χ4v) is 2.25. The molecule has 0 saturated heterocycles. The molecule has 0 aliphatic rings. The Morgan fingerprint density at radius 2 is 1.48 bits per heavy atom. The molecular weight excluding hydrogens is 348 g/mol. The van der Waals surface area contributed by atoms with Gasteiger partial charge < -0.3 is 28.8 Å². The second kappa shape index (κ2) is 17.8. The van der Waals surface area contributed by atoms with Crippen LogP contribution < -0.4 is 0 Å². The van der Waals surface area contributed by atoms with E-state index in [1.807, 2.05) is 20.8 Å². The molecule has 6 heteroatoms. The molecule has 0 aliphatic heterocycles. The second-order valence-corrected chi connectivity index (χ2v) is 7.59. The van der Waals surface area contributed by atoms with Crippen LogP contribution in [0.2, 0.25) is 0 Å². The molecular formula is C21H44O6. The standard InChI is InChI=1S/C21H44O6/c1-6-8-12-23-16-20(25-13-9-7-2)17-24-14-10-19(3)26-18-21(4,5)27-15-11-22/h19-20,22H,6-18H2,1-5H3. The molecule has 0 spiro atoms. The summed E-state index contributed by atoms with van der Waals surface area (Å²) >= 11 is 0. The summed E-state index contributed by atoms with van der Waals surface area (Å²) in [5, 5.41) is 8.84. The molecule has 164 valence electrons. The van der Waals surface area contributed by atoms with Gasteiger partial charge in [-0.05, 0) is 40.0 Å². The molecule has 1 N–H and O–H groups in total. The third-order valence-corrected chi connectivity index (χ3v) is 4.07. The first-order valence-corrected chi connectivity index (χ1v) is 10.6. The van der Waals surface area contributed by atoms with Crippen LogP contribution in [0.4, 0.5) is 0 Å². The second-order valence-electron chi connectivity index (χ2n) is 7.59. The Hall–Kier alpha value is -0.240. The number of unbranched alkanes of at least 4 members (excludes halogenated alkanes) is 2. The van der Waals surface area contributed by atoms with E-state index in [1.54, 1.807) is 0 Å². The number of aliphatic hydroxyl groups excluding tert-OH is 1. The summed E-state index contributed by atoms with van der Waals surface area (Å²) in [5.41, 5.74) is -0.397. The molecule has 0 rings (SSSR count). The Labute approximate surface area is 166 Å². The molecule has 0 amide bonds. The van der Waals surface area contributed by atoms with E-state index in [9.17, 15) is 0 Å². The van der Waals surface area contributed by atoms with Gasteiger partial charge in [0.25, 0.3) is 0 Å². The van der Waals surface area contributed by atoms with Crippen molar-refractivity contribution in [2.24, 2.45) is 0 Å². The fourth-order valence-electron chi connectivity index (χ4n) is 2.25. The zero-order valence-corrected chi connectivity index (χ0v) is 18.3. The highest BCUT2D eigenvalue weighted by Crippen LogP contribution is 2.12. The maximum absolute atomic E-state index is 8.84. The molecule has 0 saturated carbocycles. The summed E-state index contributed by atoms with van der Waals surface area (Å²) in [5.74, 6) is 0. The topological polar surface area (TPSA) is 66.4 Å². The van der Waals surface area contributed by atoms with Crippen LogP contribution in [0.3, 0.4) is 0 Å². The summed E-state index contributed by atoms with van der Waals surface area (Å²) < 4.78 is 28.8. The van der Waals surface area contributed by atoms with Crippen LogP contribution in [0.25, 0.3) is 0 Å². The maximum Gasteiger partial charge on any atom is 0.104 e. The van der Waals surface area contributed by atoms with Crippen molar-refractivity contribution in [1.29, 1.82) is 0 Å². The summed E-state index contributed by atoms with van der Waals surface area (Å²) in [4.78, 5) is 0. The first kappa shape index (κ1) is 26.8. The van der Waals surface area contributed by atoms with Gasteiger partial charge in [0.05, 0.1) is 44.7 Å². The van der Waals surface area contributed by atoms with Crippen molar-refractivity contribution in [3.05, 3.63) is 0 Å². The van der Waals surface area contributed by atoms with Crippen LogP contribution in [0.15, 0.2) is 0 Å². The van der Waals surface area contributed by atoms with Crippen molar-refractivity contribution in [2.45, 2.75) is 84.5 Å². The van der Waals surface area contributed by atoms with Crippen LogP contribution in [0.5, 0.6) is 0 Å². The zero-order valence-electron chi connectivity index (χ0n) is 18.3. The van der Waals surface area contributed by atoms with Crippen molar-refractivity contribution in [3.63, 3.8) is 0 Å². The van der Waals surface area contributed by atoms with Gasteiger partial charge in [-0.3, -0.25) is 0 Å². The molecule has 0 aliphatic carbocycles. The highest BCUT2D eigenvalue weighted by molar-refractivity contribution is 4.68. The van der Waals surface area contributed by atoms with Crippen LogP contribution in [-0.2, 0) is 23.7 Å². The van der Waals surface area contributed by atoms with Gasteiger partial charge in [0.15, 0.2) is 0 Å². The minimum Gasteiger partial charge on any atom is -0.394 e. The monoisotopic (exact) mass is 392 g/mol. The van der Waals surface area contributed by atoms with Crippen LogP contribution in [-0.4, -0.2) is 75.8 Å². The maximum atomic E-state index is 8.84. The van der Waals surface area contributed by atoms with Crippen molar-refractivity contribution < 1.29 is 28.8 Å². The zero-order chi connectivity index (χ0) is 20.4. The normalized spacial score (nSPS) is 14.4. The Morgan fingerprint density at radius 1 is 0.852 bits per heavy atom. The summed E-state index contributed by atoms with van der Waals surface area (Å²) in [7, 11) is 0. The lowest BCUT2D eigenvalue weighted by molar-refractivity contribution is -0.104. The first-order valence-electron chi connectivity index (χ1n) is 10.6. The molecule has 2 atom stereocenters. The predicted molar refractivity (Wildman–Crippen MR) is 108 cm³/mol. The Bertz CT molecular complexity index is 311. The lowest BCUT2D eigenvalue weighted by Crippen LogP contribution is -2.34. The first-order chi connectivity index (χ1) is 12.9. The highest BCUT2D eigenvalue weighted by Gasteiger charge is 2.20. The Morgan fingerprint density at radius 3 is 2.11 bits per heavy atom.